The number of likely N-dealkylation sites (tertiary alicyclic amines) is 1. The molecule has 0 unspecified atom stereocenters. The molecule has 1 aromatic carbocycles. The fourth-order valence-electron chi connectivity index (χ4n) is 4.83. The van der Waals surface area contributed by atoms with E-state index < -0.39 is 5.60 Å². The fourth-order valence-corrected chi connectivity index (χ4v) is 4.83. The van der Waals surface area contributed by atoms with Crippen LogP contribution < -0.4 is 4.74 Å². The number of hydrogen-bond donors (Lipinski definition) is 1. The predicted octanol–water partition coefficient (Wildman–Crippen LogP) is 3.51. The van der Waals surface area contributed by atoms with E-state index in [4.69, 9.17) is 4.74 Å². The number of rotatable bonds is 3. The molecule has 1 N–H and O–H groups in total. The van der Waals surface area contributed by atoms with Crippen LogP contribution in [0.1, 0.15) is 58.9 Å². The van der Waals surface area contributed by atoms with Crippen molar-refractivity contribution in [3.8, 4) is 5.75 Å². The summed E-state index contributed by atoms with van der Waals surface area (Å²) in [5, 5.41) is 9.82. The Hall–Kier alpha value is -1.55. The van der Waals surface area contributed by atoms with Gasteiger partial charge >= 0.3 is 0 Å². The highest BCUT2D eigenvalue weighted by Gasteiger charge is 2.56. The van der Waals surface area contributed by atoms with Crippen LogP contribution in [0.2, 0.25) is 0 Å². The summed E-state index contributed by atoms with van der Waals surface area (Å²) >= 11 is 0. The van der Waals surface area contributed by atoms with Crippen LogP contribution >= 0.6 is 0 Å². The van der Waals surface area contributed by atoms with Crippen molar-refractivity contribution in [1.29, 1.82) is 0 Å². The lowest BCUT2D eigenvalue weighted by atomic mass is 9.61. The Morgan fingerprint density at radius 3 is 2.42 bits per heavy atom. The Bertz CT molecular complexity index is 696. The molecule has 4 rings (SSSR count). The van der Waals surface area contributed by atoms with Crippen LogP contribution in [0.5, 0.6) is 5.75 Å². The van der Waals surface area contributed by atoms with Gasteiger partial charge in [0, 0.05) is 24.4 Å². The maximum absolute atomic E-state index is 12.4. The van der Waals surface area contributed by atoms with E-state index in [1.807, 2.05) is 17.9 Å². The first kappa shape index (κ1) is 17.8. The summed E-state index contributed by atoms with van der Waals surface area (Å²) in [6.45, 7) is 10.2. The first-order valence-electron chi connectivity index (χ1n) is 9.84. The van der Waals surface area contributed by atoms with Crippen molar-refractivity contribution in [2.75, 3.05) is 13.1 Å². The number of carbonyl (C=O) groups is 1. The van der Waals surface area contributed by atoms with Gasteiger partial charge in [-0.3, -0.25) is 4.79 Å². The van der Waals surface area contributed by atoms with Crippen molar-refractivity contribution in [3.63, 3.8) is 0 Å². The smallest absolute Gasteiger partial charge is 0.225 e. The van der Waals surface area contributed by atoms with Crippen molar-refractivity contribution >= 4 is 5.91 Å². The quantitative estimate of drug-likeness (QED) is 0.900. The normalized spacial score (nSPS) is 30.3. The molecule has 1 saturated heterocycles. The van der Waals surface area contributed by atoms with Gasteiger partial charge in [-0.1, -0.05) is 32.9 Å². The van der Waals surface area contributed by atoms with Crippen LogP contribution in [-0.4, -0.2) is 40.7 Å². The number of nitrogens with zero attached hydrogens (tertiary/aromatic N) is 1. The molecule has 0 aromatic heterocycles. The Kier molecular flexibility index (Phi) is 3.93. The van der Waals surface area contributed by atoms with Crippen LogP contribution in [0, 0.1) is 11.3 Å². The largest absolute Gasteiger partial charge is 0.490 e. The van der Waals surface area contributed by atoms with E-state index >= 15 is 0 Å². The molecule has 4 nitrogen and oxygen atoms in total. The zero-order valence-corrected chi connectivity index (χ0v) is 16.4. The summed E-state index contributed by atoms with van der Waals surface area (Å²) in [4.78, 5) is 14.4. The van der Waals surface area contributed by atoms with Crippen LogP contribution in [-0.2, 0) is 10.2 Å². The highest BCUT2D eigenvalue weighted by Crippen LogP contribution is 2.51. The van der Waals surface area contributed by atoms with Gasteiger partial charge in [0.1, 0.15) is 11.9 Å². The van der Waals surface area contributed by atoms with Gasteiger partial charge in [0.15, 0.2) is 0 Å². The number of aliphatic hydroxyl groups is 1. The number of carbonyl (C=O) groups excluding carboxylic acids is 1. The second-order valence-corrected chi connectivity index (χ2v) is 10.2. The summed E-state index contributed by atoms with van der Waals surface area (Å²) in [6, 6.07) is 8.42. The third-order valence-corrected chi connectivity index (χ3v) is 6.41. The summed E-state index contributed by atoms with van der Waals surface area (Å²) in [5.74, 6) is 1.24. The molecule has 0 bridgehead atoms. The summed E-state index contributed by atoms with van der Waals surface area (Å²) < 4.78 is 6.18. The lowest BCUT2D eigenvalue weighted by Gasteiger charge is -2.59. The highest BCUT2D eigenvalue weighted by molar-refractivity contribution is 5.81. The Labute approximate surface area is 156 Å². The topological polar surface area (TPSA) is 49.8 Å². The third-order valence-electron chi connectivity index (χ3n) is 6.41. The Morgan fingerprint density at radius 1 is 1.19 bits per heavy atom. The van der Waals surface area contributed by atoms with Crippen LogP contribution in [0.3, 0.4) is 0 Å². The van der Waals surface area contributed by atoms with Gasteiger partial charge in [0.2, 0.25) is 5.91 Å². The SMILES string of the molecule is CC(C)(C)c1cccc(OC2CC3(C2)CN(C(=O)[C@H]2C[C@@](C)(O)C2)C3)c1. The molecule has 4 heteroatoms. The van der Waals surface area contributed by atoms with E-state index in [1.165, 1.54) is 5.56 Å². The van der Waals surface area contributed by atoms with Crippen LogP contribution in [0.4, 0.5) is 0 Å². The van der Waals surface area contributed by atoms with Gasteiger partial charge in [-0.2, -0.15) is 0 Å². The molecule has 142 valence electrons. The predicted molar refractivity (Wildman–Crippen MR) is 101 cm³/mol. The van der Waals surface area contributed by atoms with Crippen molar-refractivity contribution in [2.45, 2.75) is 70.5 Å². The lowest BCUT2D eigenvalue weighted by molar-refractivity contribution is -0.174. The van der Waals surface area contributed by atoms with Crippen molar-refractivity contribution in [2.24, 2.45) is 11.3 Å². The molecule has 26 heavy (non-hydrogen) atoms. The molecule has 1 amide bonds. The van der Waals surface area contributed by atoms with E-state index in [1.54, 1.807) is 0 Å². The summed E-state index contributed by atoms with van der Waals surface area (Å²) in [5.41, 5.74) is 1.08. The van der Waals surface area contributed by atoms with Gasteiger partial charge in [-0.05, 0) is 55.7 Å². The summed E-state index contributed by atoms with van der Waals surface area (Å²) in [6.07, 6.45) is 3.58. The molecular formula is C22H31NO3. The van der Waals surface area contributed by atoms with Gasteiger partial charge in [-0.15, -0.1) is 0 Å². The van der Waals surface area contributed by atoms with Crippen LogP contribution in [0.25, 0.3) is 0 Å². The molecule has 2 saturated carbocycles. The minimum Gasteiger partial charge on any atom is -0.490 e. The van der Waals surface area contributed by atoms with E-state index in [0.29, 0.717) is 12.8 Å². The average Bonchev–Trinajstić information content (AvgIpc) is 2.44. The zero-order valence-electron chi connectivity index (χ0n) is 16.4. The highest BCUT2D eigenvalue weighted by atomic mass is 16.5. The summed E-state index contributed by atoms with van der Waals surface area (Å²) in [7, 11) is 0. The van der Waals surface area contributed by atoms with E-state index in [2.05, 4.69) is 39.0 Å². The van der Waals surface area contributed by atoms with Crippen molar-refractivity contribution in [1.82, 2.24) is 4.90 Å². The Morgan fingerprint density at radius 2 is 1.85 bits per heavy atom. The average molecular weight is 357 g/mol. The zero-order chi connectivity index (χ0) is 18.7. The van der Waals surface area contributed by atoms with Crippen molar-refractivity contribution in [3.05, 3.63) is 29.8 Å². The monoisotopic (exact) mass is 357 g/mol. The number of benzene rings is 1. The van der Waals surface area contributed by atoms with Gasteiger partial charge in [-0.25, -0.2) is 0 Å². The van der Waals surface area contributed by atoms with Crippen molar-refractivity contribution < 1.29 is 14.6 Å². The molecule has 0 atom stereocenters. The maximum atomic E-state index is 12.4. The second-order valence-electron chi connectivity index (χ2n) is 10.2. The van der Waals surface area contributed by atoms with E-state index in [-0.39, 0.29) is 28.8 Å². The minimum atomic E-state index is -0.625. The molecule has 1 spiro atoms. The molecular weight excluding hydrogens is 326 g/mol. The minimum absolute atomic E-state index is 0.0367. The molecule has 1 aliphatic heterocycles. The standard InChI is InChI=1S/C22H31NO3/c1-20(2,3)16-6-5-7-17(8-16)26-18-11-22(12-18)13-23(14-22)19(24)15-9-21(4,25)10-15/h5-8,15,18,25H,9-14H2,1-4H3/t15-,21+. The number of ether oxygens (including phenoxy) is 1. The fraction of sp³-hybridized carbons (Fsp3) is 0.682. The molecule has 1 aromatic rings. The Balaban J connectivity index is 1.25. The lowest BCUT2D eigenvalue weighted by Crippen LogP contribution is -2.67. The molecule has 1 heterocycles. The number of hydrogen-bond acceptors (Lipinski definition) is 3. The molecule has 2 aliphatic carbocycles. The van der Waals surface area contributed by atoms with E-state index in [9.17, 15) is 9.90 Å². The van der Waals surface area contributed by atoms with Gasteiger partial charge in [0.05, 0.1) is 5.60 Å². The first-order chi connectivity index (χ1) is 12.1. The van der Waals surface area contributed by atoms with Crippen LogP contribution in [0.15, 0.2) is 24.3 Å². The maximum Gasteiger partial charge on any atom is 0.225 e. The third kappa shape index (κ3) is 3.24. The second kappa shape index (κ2) is 5.72. The van der Waals surface area contributed by atoms with E-state index in [0.717, 1.165) is 31.7 Å². The molecule has 3 fully saturated rings. The molecule has 0 radical (unpaired) electrons. The molecule has 3 aliphatic rings. The van der Waals surface area contributed by atoms with Gasteiger partial charge in [0.25, 0.3) is 0 Å². The van der Waals surface area contributed by atoms with Gasteiger partial charge < -0.3 is 14.7 Å². The first-order valence-corrected chi connectivity index (χ1v) is 9.84. The number of amides is 1.